The van der Waals surface area contributed by atoms with Gasteiger partial charge < -0.3 is 20.1 Å². The first-order valence-electron chi connectivity index (χ1n) is 8.36. The maximum Gasteiger partial charge on any atom is 0.325 e. The fraction of sp³-hybridized carbons (Fsp3) is 0.211. The van der Waals surface area contributed by atoms with Gasteiger partial charge in [0, 0.05) is 11.8 Å². The molecule has 138 valence electrons. The van der Waals surface area contributed by atoms with Gasteiger partial charge in [-0.3, -0.25) is 14.5 Å². The zero-order valence-electron chi connectivity index (χ0n) is 14.5. The van der Waals surface area contributed by atoms with Crippen molar-refractivity contribution < 1.29 is 23.9 Å². The quantitative estimate of drug-likeness (QED) is 0.804. The van der Waals surface area contributed by atoms with Crippen molar-refractivity contribution in [3.8, 4) is 11.5 Å². The Labute approximate surface area is 155 Å². The SMILES string of the molecule is C[C@]1(c2ccccc2)NC(=O)N(CC(=O)Nc2ccc3c(c2)OCO3)C1=O. The fourth-order valence-corrected chi connectivity index (χ4v) is 3.13. The highest BCUT2D eigenvalue weighted by Crippen LogP contribution is 2.34. The molecule has 2 aliphatic rings. The van der Waals surface area contributed by atoms with Crippen LogP contribution in [0.25, 0.3) is 0 Å². The number of ether oxygens (including phenoxy) is 2. The summed E-state index contributed by atoms with van der Waals surface area (Å²) < 4.78 is 10.5. The molecule has 2 heterocycles. The molecule has 0 aromatic heterocycles. The van der Waals surface area contributed by atoms with Gasteiger partial charge in [-0.25, -0.2) is 4.79 Å². The number of benzene rings is 2. The van der Waals surface area contributed by atoms with Crippen LogP contribution in [0.4, 0.5) is 10.5 Å². The summed E-state index contributed by atoms with van der Waals surface area (Å²) >= 11 is 0. The molecule has 0 radical (unpaired) electrons. The van der Waals surface area contributed by atoms with E-state index in [4.69, 9.17) is 9.47 Å². The van der Waals surface area contributed by atoms with Gasteiger partial charge in [-0.2, -0.15) is 0 Å². The smallest absolute Gasteiger partial charge is 0.325 e. The van der Waals surface area contributed by atoms with Crippen LogP contribution in [-0.2, 0) is 15.1 Å². The number of amides is 4. The number of fused-ring (bicyclic) bond motifs is 1. The number of hydrogen-bond donors (Lipinski definition) is 2. The molecule has 1 fully saturated rings. The fourth-order valence-electron chi connectivity index (χ4n) is 3.13. The first-order valence-corrected chi connectivity index (χ1v) is 8.36. The monoisotopic (exact) mass is 367 g/mol. The zero-order valence-corrected chi connectivity index (χ0v) is 14.5. The van der Waals surface area contributed by atoms with Gasteiger partial charge >= 0.3 is 6.03 Å². The topological polar surface area (TPSA) is 97.0 Å². The van der Waals surface area contributed by atoms with E-state index in [9.17, 15) is 14.4 Å². The second kappa shape index (κ2) is 6.31. The van der Waals surface area contributed by atoms with E-state index in [0.717, 1.165) is 4.90 Å². The molecule has 2 aromatic rings. The molecule has 2 aromatic carbocycles. The molecule has 0 unspecified atom stereocenters. The highest BCUT2D eigenvalue weighted by molar-refractivity contribution is 6.10. The van der Waals surface area contributed by atoms with Crippen molar-refractivity contribution >= 4 is 23.5 Å². The van der Waals surface area contributed by atoms with Crippen LogP contribution in [0.5, 0.6) is 11.5 Å². The molecule has 4 rings (SSSR count). The summed E-state index contributed by atoms with van der Waals surface area (Å²) in [6.07, 6.45) is 0. The van der Waals surface area contributed by atoms with E-state index in [1.54, 1.807) is 49.4 Å². The molecule has 1 atom stereocenters. The maximum atomic E-state index is 12.8. The number of carbonyl (C=O) groups is 3. The molecular weight excluding hydrogens is 350 g/mol. The Kier molecular flexibility index (Phi) is 3.95. The van der Waals surface area contributed by atoms with Gasteiger partial charge in [-0.15, -0.1) is 0 Å². The lowest BCUT2D eigenvalue weighted by atomic mass is 9.92. The highest BCUT2D eigenvalue weighted by Gasteiger charge is 2.49. The Morgan fingerprint density at radius 1 is 1.15 bits per heavy atom. The van der Waals surface area contributed by atoms with E-state index in [0.29, 0.717) is 22.7 Å². The van der Waals surface area contributed by atoms with Crippen LogP contribution in [0.3, 0.4) is 0 Å². The highest BCUT2D eigenvalue weighted by atomic mass is 16.7. The first-order chi connectivity index (χ1) is 13.0. The average Bonchev–Trinajstić information content (AvgIpc) is 3.21. The molecule has 0 spiro atoms. The van der Waals surface area contributed by atoms with Crippen molar-refractivity contribution in [2.45, 2.75) is 12.5 Å². The van der Waals surface area contributed by atoms with Crippen LogP contribution in [0, 0.1) is 0 Å². The van der Waals surface area contributed by atoms with Gasteiger partial charge in [0.05, 0.1) is 0 Å². The Morgan fingerprint density at radius 2 is 1.89 bits per heavy atom. The van der Waals surface area contributed by atoms with E-state index in [1.807, 2.05) is 6.07 Å². The number of urea groups is 1. The van der Waals surface area contributed by atoms with Crippen molar-refractivity contribution in [1.82, 2.24) is 10.2 Å². The van der Waals surface area contributed by atoms with E-state index < -0.39 is 23.4 Å². The molecular formula is C19H17N3O5. The molecule has 27 heavy (non-hydrogen) atoms. The molecule has 0 saturated carbocycles. The van der Waals surface area contributed by atoms with Crippen molar-refractivity contribution in [2.24, 2.45) is 0 Å². The Morgan fingerprint density at radius 3 is 2.67 bits per heavy atom. The summed E-state index contributed by atoms with van der Waals surface area (Å²) in [7, 11) is 0. The summed E-state index contributed by atoms with van der Waals surface area (Å²) in [4.78, 5) is 38.4. The predicted molar refractivity (Wildman–Crippen MR) is 95.2 cm³/mol. The summed E-state index contributed by atoms with van der Waals surface area (Å²) in [5, 5.41) is 5.33. The van der Waals surface area contributed by atoms with Crippen LogP contribution >= 0.6 is 0 Å². The number of nitrogens with zero attached hydrogens (tertiary/aromatic N) is 1. The number of nitrogens with one attached hydrogen (secondary N) is 2. The number of rotatable bonds is 4. The second-order valence-corrected chi connectivity index (χ2v) is 6.43. The number of anilines is 1. The summed E-state index contributed by atoms with van der Waals surface area (Å²) in [5.41, 5.74) is -0.0543. The van der Waals surface area contributed by atoms with Gasteiger partial charge in [-0.1, -0.05) is 30.3 Å². The Hall–Kier alpha value is -3.55. The third kappa shape index (κ3) is 2.95. The standard InChI is InChI=1S/C19H17N3O5/c1-19(12-5-3-2-4-6-12)17(24)22(18(25)21-19)10-16(23)20-13-7-8-14-15(9-13)27-11-26-14/h2-9H,10-11H2,1H3,(H,20,23)(H,21,25)/t19-/m1/s1. The summed E-state index contributed by atoms with van der Waals surface area (Å²) in [6, 6.07) is 13.3. The predicted octanol–water partition coefficient (Wildman–Crippen LogP) is 1.82. The van der Waals surface area contributed by atoms with E-state index in [-0.39, 0.29) is 13.3 Å². The van der Waals surface area contributed by atoms with E-state index >= 15 is 0 Å². The van der Waals surface area contributed by atoms with Crippen molar-refractivity contribution in [3.05, 3.63) is 54.1 Å². The van der Waals surface area contributed by atoms with Crippen LogP contribution in [0.15, 0.2) is 48.5 Å². The molecule has 1 saturated heterocycles. The minimum Gasteiger partial charge on any atom is -0.454 e. The molecule has 4 amide bonds. The second-order valence-electron chi connectivity index (χ2n) is 6.43. The lowest BCUT2D eigenvalue weighted by molar-refractivity contribution is -0.133. The third-order valence-corrected chi connectivity index (χ3v) is 4.58. The molecule has 2 N–H and O–H groups in total. The first kappa shape index (κ1) is 16.9. The van der Waals surface area contributed by atoms with E-state index in [1.165, 1.54) is 0 Å². The van der Waals surface area contributed by atoms with Gasteiger partial charge in [0.2, 0.25) is 12.7 Å². The van der Waals surface area contributed by atoms with Crippen LogP contribution in [-0.4, -0.2) is 36.1 Å². The number of hydrogen-bond acceptors (Lipinski definition) is 5. The molecule has 0 aliphatic carbocycles. The molecule has 2 aliphatic heterocycles. The molecule has 0 bridgehead atoms. The van der Waals surface area contributed by atoms with Crippen molar-refractivity contribution in [1.29, 1.82) is 0 Å². The Balaban J connectivity index is 1.47. The largest absolute Gasteiger partial charge is 0.454 e. The van der Waals surface area contributed by atoms with Gasteiger partial charge in [-0.05, 0) is 24.6 Å². The normalized spacial score (nSPS) is 20.6. The van der Waals surface area contributed by atoms with Gasteiger partial charge in [0.25, 0.3) is 5.91 Å². The summed E-state index contributed by atoms with van der Waals surface area (Å²) in [6.45, 7) is 1.37. The van der Waals surface area contributed by atoms with Crippen molar-refractivity contribution in [2.75, 3.05) is 18.7 Å². The average molecular weight is 367 g/mol. The van der Waals surface area contributed by atoms with Crippen LogP contribution in [0.1, 0.15) is 12.5 Å². The zero-order chi connectivity index (χ0) is 19.0. The van der Waals surface area contributed by atoms with Gasteiger partial charge in [0.15, 0.2) is 11.5 Å². The molecule has 8 heteroatoms. The minimum atomic E-state index is -1.20. The summed E-state index contributed by atoms with van der Waals surface area (Å²) in [5.74, 6) is 0.161. The number of carbonyl (C=O) groups excluding carboxylic acids is 3. The van der Waals surface area contributed by atoms with Crippen LogP contribution < -0.4 is 20.1 Å². The third-order valence-electron chi connectivity index (χ3n) is 4.58. The lowest BCUT2D eigenvalue weighted by Gasteiger charge is -2.22. The minimum absolute atomic E-state index is 0.132. The van der Waals surface area contributed by atoms with Crippen LogP contribution in [0.2, 0.25) is 0 Å². The Bertz CT molecular complexity index is 930. The number of imide groups is 1. The molecule has 8 nitrogen and oxygen atoms in total. The van der Waals surface area contributed by atoms with Gasteiger partial charge in [0.1, 0.15) is 12.1 Å². The van der Waals surface area contributed by atoms with Crippen molar-refractivity contribution in [3.63, 3.8) is 0 Å². The lowest BCUT2D eigenvalue weighted by Crippen LogP contribution is -2.42. The maximum absolute atomic E-state index is 12.8. The van der Waals surface area contributed by atoms with E-state index in [2.05, 4.69) is 10.6 Å².